The Morgan fingerprint density at radius 2 is 1.88 bits per heavy atom. The lowest BCUT2D eigenvalue weighted by molar-refractivity contribution is -0.121. The first-order valence-electron chi connectivity index (χ1n) is 11.4. The maximum absolute atomic E-state index is 13.2. The lowest BCUT2D eigenvalue weighted by Gasteiger charge is -2.31. The van der Waals surface area contributed by atoms with Gasteiger partial charge in [-0.05, 0) is 43.5 Å². The summed E-state index contributed by atoms with van der Waals surface area (Å²) in [6.45, 7) is 3.83. The zero-order chi connectivity index (χ0) is 23.7. The molecular weight excluding hydrogens is 454 g/mol. The van der Waals surface area contributed by atoms with Crippen molar-refractivity contribution in [1.82, 2.24) is 19.9 Å². The van der Waals surface area contributed by atoms with E-state index in [-0.39, 0.29) is 30.4 Å². The van der Waals surface area contributed by atoms with Crippen molar-refractivity contribution in [2.45, 2.75) is 39.0 Å². The minimum atomic E-state index is -0.160. The first-order valence-corrected chi connectivity index (χ1v) is 11.8. The number of hydrogen-bond acceptors (Lipinski definition) is 5. The fourth-order valence-corrected chi connectivity index (χ4v) is 4.66. The standard InChI is InChI=1S/C25H26ClN5O3/c1-16-5-7-17(8-6-16)22-14-31-21(15-34-22)23(28-29-31)25(33)30-11-9-18(10-12-30)24(32)27-20-4-2-3-19(26)13-20/h2-8,13,18,22H,9-12,14-15H2,1H3,(H,27,32)/t22-/m1/s1. The van der Waals surface area contributed by atoms with Crippen LogP contribution in [0.15, 0.2) is 48.5 Å². The molecule has 0 unspecified atom stereocenters. The predicted octanol–water partition coefficient (Wildman–Crippen LogP) is 4.00. The molecule has 0 radical (unpaired) electrons. The summed E-state index contributed by atoms with van der Waals surface area (Å²) in [5.41, 5.74) is 3.99. The first kappa shape index (κ1) is 22.6. The van der Waals surface area contributed by atoms with E-state index in [0.29, 0.717) is 54.6 Å². The summed E-state index contributed by atoms with van der Waals surface area (Å²) in [6, 6.07) is 15.3. The van der Waals surface area contributed by atoms with E-state index in [1.54, 1.807) is 27.8 Å². The van der Waals surface area contributed by atoms with Crippen LogP contribution in [0, 0.1) is 12.8 Å². The number of ether oxygens (including phenoxy) is 1. The molecular formula is C25H26ClN5O3. The van der Waals surface area contributed by atoms with Crippen molar-refractivity contribution in [2.75, 3.05) is 18.4 Å². The Labute approximate surface area is 202 Å². The van der Waals surface area contributed by atoms with Crippen molar-refractivity contribution < 1.29 is 14.3 Å². The molecule has 2 amide bonds. The van der Waals surface area contributed by atoms with E-state index >= 15 is 0 Å². The normalized spacial score (nSPS) is 18.4. The van der Waals surface area contributed by atoms with Gasteiger partial charge in [-0.2, -0.15) is 0 Å². The van der Waals surface area contributed by atoms with E-state index in [0.717, 1.165) is 5.56 Å². The molecule has 0 bridgehead atoms. The van der Waals surface area contributed by atoms with Crippen LogP contribution in [-0.4, -0.2) is 44.8 Å². The van der Waals surface area contributed by atoms with Gasteiger partial charge in [-0.25, -0.2) is 4.68 Å². The number of amides is 2. The summed E-state index contributed by atoms with van der Waals surface area (Å²) >= 11 is 5.99. The topological polar surface area (TPSA) is 89.4 Å². The number of carbonyl (C=O) groups excluding carboxylic acids is 2. The number of rotatable bonds is 4. The molecule has 2 aliphatic rings. The maximum atomic E-state index is 13.2. The van der Waals surface area contributed by atoms with Gasteiger partial charge in [0.05, 0.1) is 18.8 Å². The molecule has 176 valence electrons. The Morgan fingerprint density at radius 1 is 1.12 bits per heavy atom. The van der Waals surface area contributed by atoms with Crippen LogP contribution in [0.3, 0.4) is 0 Å². The molecule has 8 nitrogen and oxygen atoms in total. The lowest BCUT2D eigenvalue weighted by Crippen LogP contribution is -2.42. The second-order valence-electron chi connectivity index (χ2n) is 8.84. The van der Waals surface area contributed by atoms with E-state index in [4.69, 9.17) is 16.3 Å². The van der Waals surface area contributed by atoms with Crippen LogP contribution in [0.1, 0.15) is 46.3 Å². The number of aryl methyl sites for hydroxylation is 1. The quantitative estimate of drug-likeness (QED) is 0.610. The van der Waals surface area contributed by atoms with Gasteiger partial charge >= 0.3 is 0 Å². The largest absolute Gasteiger partial charge is 0.365 e. The van der Waals surface area contributed by atoms with E-state index in [1.807, 2.05) is 13.0 Å². The number of halogens is 1. The summed E-state index contributed by atoms with van der Waals surface area (Å²) in [4.78, 5) is 27.6. The van der Waals surface area contributed by atoms with Crippen LogP contribution in [0.4, 0.5) is 5.69 Å². The van der Waals surface area contributed by atoms with Gasteiger partial charge in [0.2, 0.25) is 5.91 Å². The van der Waals surface area contributed by atoms with Crippen molar-refractivity contribution in [2.24, 2.45) is 5.92 Å². The minimum absolute atomic E-state index is 0.0500. The highest BCUT2D eigenvalue weighted by Crippen LogP contribution is 2.28. The van der Waals surface area contributed by atoms with Gasteiger partial charge in [0, 0.05) is 29.7 Å². The van der Waals surface area contributed by atoms with E-state index < -0.39 is 0 Å². The van der Waals surface area contributed by atoms with Crippen LogP contribution in [0.2, 0.25) is 5.02 Å². The van der Waals surface area contributed by atoms with Crippen molar-refractivity contribution in [3.05, 3.63) is 76.1 Å². The second kappa shape index (κ2) is 9.56. The van der Waals surface area contributed by atoms with Crippen LogP contribution < -0.4 is 5.32 Å². The Morgan fingerprint density at radius 3 is 2.62 bits per heavy atom. The van der Waals surface area contributed by atoms with Crippen LogP contribution in [0.5, 0.6) is 0 Å². The molecule has 9 heteroatoms. The van der Waals surface area contributed by atoms with Gasteiger partial charge in [0.25, 0.3) is 5.91 Å². The fourth-order valence-electron chi connectivity index (χ4n) is 4.47. The van der Waals surface area contributed by atoms with Crippen molar-refractivity contribution in [3.8, 4) is 0 Å². The second-order valence-corrected chi connectivity index (χ2v) is 9.28. The number of hydrogen-bond donors (Lipinski definition) is 1. The highest BCUT2D eigenvalue weighted by Gasteiger charge is 2.33. The molecule has 2 aromatic carbocycles. The van der Waals surface area contributed by atoms with Gasteiger partial charge in [-0.1, -0.05) is 52.7 Å². The van der Waals surface area contributed by atoms with E-state index in [1.165, 1.54) is 5.56 Å². The highest BCUT2D eigenvalue weighted by atomic mass is 35.5. The Hall–Kier alpha value is -3.23. The average Bonchev–Trinajstić information content (AvgIpc) is 3.27. The number of anilines is 1. The zero-order valence-corrected chi connectivity index (χ0v) is 19.7. The van der Waals surface area contributed by atoms with Crippen LogP contribution >= 0.6 is 11.6 Å². The molecule has 1 atom stereocenters. The molecule has 1 aromatic heterocycles. The lowest BCUT2D eigenvalue weighted by atomic mass is 9.95. The van der Waals surface area contributed by atoms with Crippen molar-refractivity contribution in [3.63, 3.8) is 0 Å². The predicted molar refractivity (Wildman–Crippen MR) is 127 cm³/mol. The molecule has 2 aliphatic heterocycles. The summed E-state index contributed by atoms with van der Waals surface area (Å²) in [6.07, 6.45) is 1.06. The molecule has 1 saturated heterocycles. The molecule has 3 heterocycles. The number of nitrogens with zero attached hydrogens (tertiary/aromatic N) is 4. The van der Waals surface area contributed by atoms with Gasteiger partial charge in [0.1, 0.15) is 6.10 Å². The van der Waals surface area contributed by atoms with Gasteiger partial charge in [-0.15, -0.1) is 5.10 Å². The summed E-state index contributed by atoms with van der Waals surface area (Å²) in [5, 5.41) is 11.9. The molecule has 0 saturated carbocycles. The Balaban J connectivity index is 1.19. The summed E-state index contributed by atoms with van der Waals surface area (Å²) in [7, 11) is 0. The van der Waals surface area contributed by atoms with Crippen LogP contribution in [-0.2, 0) is 22.7 Å². The van der Waals surface area contributed by atoms with Crippen molar-refractivity contribution >= 4 is 29.1 Å². The fraction of sp³-hybridized carbons (Fsp3) is 0.360. The minimum Gasteiger partial charge on any atom is -0.365 e. The van der Waals surface area contributed by atoms with Gasteiger partial charge in [0.15, 0.2) is 5.69 Å². The van der Waals surface area contributed by atoms with E-state index in [9.17, 15) is 9.59 Å². The van der Waals surface area contributed by atoms with Gasteiger partial charge in [-0.3, -0.25) is 9.59 Å². The van der Waals surface area contributed by atoms with E-state index in [2.05, 4.69) is 39.9 Å². The summed E-state index contributed by atoms with van der Waals surface area (Å²) in [5.74, 6) is -0.367. The number of likely N-dealkylation sites (tertiary alicyclic amines) is 1. The highest BCUT2D eigenvalue weighted by molar-refractivity contribution is 6.30. The number of benzene rings is 2. The Kier molecular flexibility index (Phi) is 6.34. The van der Waals surface area contributed by atoms with Crippen molar-refractivity contribution in [1.29, 1.82) is 0 Å². The Bertz CT molecular complexity index is 1200. The zero-order valence-electron chi connectivity index (χ0n) is 18.9. The maximum Gasteiger partial charge on any atom is 0.276 e. The molecule has 3 aromatic rings. The summed E-state index contributed by atoms with van der Waals surface area (Å²) < 4.78 is 7.82. The number of fused-ring (bicyclic) bond motifs is 1. The third-order valence-electron chi connectivity index (χ3n) is 6.49. The first-order chi connectivity index (χ1) is 16.5. The van der Waals surface area contributed by atoms with Crippen LogP contribution in [0.25, 0.3) is 0 Å². The number of nitrogens with one attached hydrogen (secondary N) is 1. The molecule has 0 aliphatic carbocycles. The number of carbonyl (C=O) groups is 2. The molecule has 34 heavy (non-hydrogen) atoms. The smallest absolute Gasteiger partial charge is 0.276 e. The SMILES string of the molecule is Cc1ccc([C@H]2Cn3nnc(C(=O)N4CCC(C(=O)Nc5cccc(Cl)c5)CC4)c3CO2)cc1. The molecule has 1 fully saturated rings. The third-order valence-corrected chi connectivity index (χ3v) is 6.73. The third kappa shape index (κ3) is 4.69. The molecule has 5 rings (SSSR count). The number of aromatic nitrogens is 3. The number of piperidine rings is 1. The molecule has 0 spiro atoms. The molecule has 1 N–H and O–H groups in total. The van der Waals surface area contributed by atoms with Gasteiger partial charge < -0.3 is 15.0 Å². The average molecular weight is 480 g/mol. The monoisotopic (exact) mass is 479 g/mol.